The Kier molecular flexibility index (Phi) is 9.93. The summed E-state index contributed by atoms with van der Waals surface area (Å²) in [7, 11) is 1.95. The molecule has 0 aromatic rings. The third-order valence-electron chi connectivity index (χ3n) is 3.79. The van der Waals surface area contributed by atoms with Crippen LogP contribution in [-0.2, 0) is 22.9 Å². The molecule has 0 aliphatic carbocycles. The lowest BCUT2D eigenvalue weighted by Crippen LogP contribution is -2.43. The van der Waals surface area contributed by atoms with Crippen LogP contribution in [0.25, 0.3) is 0 Å². The van der Waals surface area contributed by atoms with E-state index in [9.17, 15) is 9.59 Å². The summed E-state index contributed by atoms with van der Waals surface area (Å²) in [5, 5.41) is 17.6. The predicted octanol–water partition coefficient (Wildman–Crippen LogP) is 1.75. The first-order valence-corrected chi connectivity index (χ1v) is 9.44. The normalized spacial score (nSPS) is 16.0. The Bertz CT molecular complexity index is 354. The molecule has 0 aromatic heterocycles. The Balaban J connectivity index is 4.55. The molecule has 130 valence electrons. The van der Waals surface area contributed by atoms with Gasteiger partial charge >= 0.3 is 20.7 Å². The molecule has 22 heavy (non-hydrogen) atoms. The van der Waals surface area contributed by atoms with Crippen LogP contribution < -0.4 is 0 Å². The van der Waals surface area contributed by atoms with Crippen LogP contribution in [-0.4, -0.2) is 57.5 Å². The average Bonchev–Trinajstić information content (AvgIpc) is 2.47. The van der Waals surface area contributed by atoms with Gasteiger partial charge in [-0.05, 0) is 18.8 Å². The summed E-state index contributed by atoms with van der Waals surface area (Å²) in [6.45, 7) is 1.94. The lowest BCUT2D eigenvalue weighted by Gasteiger charge is -2.27. The molecule has 7 nitrogen and oxygen atoms in total. The molecule has 2 N–H and O–H groups in total. The first-order chi connectivity index (χ1) is 10.2. The topological polar surface area (TPSA) is 102 Å². The Morgan fingerprint density at radius 2 is 1.64 bits per heavy atom. The summed E-state index contributed by atoms with van der Waals surface area (Å²) in [6.07, 6.45) is 0.495. The Hall–Kier alpha value is -0.613. The van der Waals surface area contributed by atoms with Crippen molar-refractivity contribution in [2.45, 2.75) is 37.5 Å². The van der Waals surface area contributed by atoms with Gasteiger partial charge in [0.1, 0.15) is 0 Å². The number of hydrogen-bond acceptors (Lipinski definition) is 6. The fourth-order valence-corrected chi connectivity index (χ4v) is 4.48. The fraction of sp³-hybridized carbons (Fsp3) is 0.846. The van der Waals surface area contributed by atoms with E-state index in [2.05, 4.69) is 12.6 Å². The largest absolute Gasteiger partial charge is 0.500 e. The molecule has 0 rings (SSSR count). The Morgan fingerprint density at radius 1 is 1.14 bits per heavy atom. The van der Waals surface area contributed by atoms with E-state index in [1.807, 2.05) is 6.92 Å². The zero-order valence-corrected chi connectivity index (χ0v) is 15.3. The number of carboxylic acids is 2. The number of thiol groups is 1. The number of hydrogen-bond donors (Lipinski definition) is 3. The Morgan fingerprint density at radius 3 is 2.00 bits per heavy atom. The molecule has 0 amide bonds. The molecule has 0 bridgehead atoms. The number of carbonyl (C=O) groups is 2. The second-order valence-electron chi connectivity index (χ2n) is 5.25. The molecular weight excluding hydrogens is 328 g/mol. The molecular formula is C13H26O7SSi. The van der Waals surface area contributed by atoms with Crippen LogP contribution in [0.15, 0.2) is 0 Å². The van der Waals surface area contributed by atoms with Crippen LogP contribution in [0, 0.1) is 11.8 Å². The number of carboxylic acid groups (broad SMARTS) is 2. The highest BCUT2D eigenvalue weighted by Gasteiger charge is 2.38. The van der Waals surface area contributed by atoms with Crippen molar-refractivity contribution in [3.05, 3.63) is 0 Å². The van der Waals surface area contributed by atoms with E-state index < -0.39 is 33.1 Å². The zero-order valence-electron chi connectivity index (χ0n) is 13.4. The first-order valence-electron chi connectivity index (χ1n) is 6.99. The summed E-state index contributed by atoms with van der Waals surface area (Å²) in [4.78, 5) is 21.8. The molecule has 0 spiro atoms. The molecule has 9 heteroatoms. The number of aliphatic carboxylic acids is 2. The molecule has 0 aliphatic rings. The van der Waals surface area contributed by atoms with Gasteiger partial charge in [0.2, 0.25) is 0 Å². The van der Waals surface area contributed by atoms with Gasteiger partial charge in [0, 0.05) is 32.6 Å². The molecule has 0 aliphatic heterocycles. The Labute approximate surface area is 137 Å². The summed E-state index contributed by atoms with van der Waals surface area (Å²) in [5.41, 5.74) is 0. The molecule has 0 radical (unpaired) electrons. The highest BCUT2D eigenvalue weighted by Crippen LogP contribution is 2.27. The van der Waals surface area contributed by atoms with E-state index in [0.717, 1.165) is 0 Å². The van der Waals surface area contributed by atoms with Gasteiger partial charge in [-0.1, -0.05) is 6.92 Å². The van der Waals surface area contributed by atoms with Crippen LogP contribution in [0.4, 0.5) is 0 Å². The van der Waals surface area contributed by atoms with Crippen molar-refractivity contribution in [1.82, 2.24) is 0 Å². The van der Waals surface area contributed by atoms with E-state index in [-0.39, 0.29) is 17.6 Å². The average molecular weight is 354 g/mol. The van der Waals surface area contributed by atoms with E-state index in [1.54, 1.807) is 0 Å². The van der Waals surface area contributed by atoms with Crippen molar-refractivity contribution in [1.29, 1.82) is 0 Å². The van der Waals surface area contributed by atoms with Crippen molar-refractivity contribution in [2.75, 3.05) is 21.3 Å². The fourth-order valence-electron chi connectivity index (χ4n) is 2.16. The highest BCUT2D eigenvalue weighted by atomic mass is 32.1. The number of rotatable bonds is 12. The maximum atomic E-state index is 11.1. The van der Waals surface area contributed by atoms with Crippen LogP contribution in [0.1, 0.15) is 26.2 Å². The minimum atomic E-state index is -2.66. The van der Waals surface area contributed by atoms with Gasteiger partial charge in [-0.2, -0.15) is 12.6 Å². The summed E-state index contributed by atoms with van der Waals surface area (Å²) in [5.74, 6) is -3.09. The molecule has 0 fully saturated rings. The zero-order chi connectivity index (χ0) is 17.3. The van der Waals surface area contributed by atoms with Gasteiger partial charge in [-0.3, -0.25) is 9.59 Å². The standard InChI is InChI=1S/C13H26O7SSi/c1-9(5-6-22(18-2,19-3)20-4)11(21)7-10(13(16)17)8-12(14)15/h9-11,21H,5-8H2,1-4H3,(H,14,15)(H,16,17). The molecule has 0 saturated heterocycles. The molecule has 0 aromatic carbocycles. The smallest absolute Gasteiger partial charge is 0.481 e. The quantitative estimate of drug-likeness (QED) is 0.362. The van der Waals surface area contributed by atoms with Crippen molar-refractivity contribution in [3.63, 3.8) is 0 Å². The maximum absolute atomic E-state index is 11.1. The first kappa shape index (κ1) is 21.4. The van der Waals surface area contributed by atoms with Crippen molar-refractivity contribution in [3.8, 4) is 0 Å². The van der Waals surface area contributed by atoms with Crippen molar-refractivity contribution in [2.24, 2.45) is 11.8 Å². The molecule has 0 saturated carbocycles. The van der Waals surface area contributed by atoms with E-state index in [4.69, 9.17) is 23.5 Å². The third-order valence-corrected chi connectivity index (χ3v) is 7.28. The lowest BCUT2D eigenvalue weighted by molar-refractivity contribution is -0.148. The van der Waals surface area contributed by atoms with Crippen LogP contribution in [0.5, 0.6) is 0 Å². The summed E-state index contributed by atoms with van der Waals surface area (Å²) in [6, 6.07) is 0.589. The molecule has 0 heterocycles. The lowest BCUT2D eigenvalue weighted by atomic mass is 9.92. The molecule has 3 unspecified atom stereocenters. The predicted molar refractivity (Wildman–Crippen MR) is 86.1 cm³/mol. The SMILES string of the molecule is CO[Si](CCC(C)C(S)CC(CC(=O)O)C(=O)O)(OC)OC. The van der Waals surface area contributed by atoms with Crippen molar-refractivity contribution >= 4 is 33.4 Å². The second-order valence-corrected chi connectivity index (χ2v) is 9.00. The van der Waals surface area contributed by atoms with Gasteiger partial charge in [-0.15, -0.1) is 0 Å². The summed E-state index contributed by atoms with van der Waals surface area (Å²) >= 11 is 4.44. The van der Waals surface area contributed by atoms with Gasteiger partial charge < -0.3 is 23.5 Å². The van der Waals surface area contributed by atoms with Crippen LogP contribution in [0.3, 0.4) is 0 Å². The highest BCUT2D eigenvalue weighted by molar-refractivity contribution is 7.81. The van der Waals surface area contributed by atoms with Crippen LogP contribution >= 0.6 is 12.6 Å². The van der Waals surface area contributed by atoms with Crippen LogP contribution in [0.2, 0.25) is 6.04 Å². The second kappa shape index (κ2) is 10.2. The van der Waals surface area contributed by atoms with Gasteiger partial charge in [0.15, 0.2) is 0 Å². The van der Waals surface area contributed by atoms with Gasteiger partial charge in [0.05, 0.1) is 12.3 Å². The third kappa shape index (κ3) is 7.10. The van der Waals surface area contributed by atoms with Gasteiger partial charge in [0.25, 0.3) is 0 Å². The minimum absolute atomic E-state index is 0.0753. The molecule has 3 atom stereocenters. The monoisotopic (exact) mass is 354 g/mol. The van der Waals surface area contributed by atoms with E-state index >= 15 is 0 Å². The van der Waals surface area contributed by atoms with Crippen molar-refractivity contribution < 1.29 is 33.1 Å². The minimum Gasteiger partial charge on any atom is -0.481 e. The maximum Gasteiger partial charge on any atom is 0.500 e. The van der Waals surface area contributed by atoms with Gasteiger partial charge in [-0.25, -0.2) is 0 Å². The summed E-state index contributed by atoms with van der Waals surface area (Å²) < 4.78 is 16.0. The van der Waals surface area contributed by atoms with E-state index in [1.165, 1.54) is 21.3 Å². The van der Waals surface area contributed by atoms with E-state index in [0.29, 0.717) is 12.5 Å².